The number of aromatic amines is 1. The minimum atomic E-state index is -0.198. The molecule has 154 valence electrons. The number of fused-ring (bicyclic) bond motifs is 1. The van der Waals surface area contributed by atoms with Gasteiger partial charge in [0, 0.05) is 24.5 Å². The number of hydrogen-bond donors (Lipinski definition) is 0. The van der Waals surface area contributed by atoms with E-state index < -0.39 is 0 Å². The minimum absolute atomic E-state index is 0.198. The van der Waals surface area contributed by atoms with E-state index in [1.54, 1.807) is 12.1 Å². The highest BCUT2D eigenvalue weighted by Gasteiger charge is 2.28. The Morgan fingerprint density at radius 1 is 1.00 bits per heavy atom. The molecule has 1 aromatic carbocycles. The largest absolute Gasteiger partial charge is 0.335 e. The average Bonchev–Trinajstić information content (AvgIpc) is 2.74. The van der Waals surface area contributed by atoms with Gasteiger partial charge in [0.05, 0.1) is 13.1 Å². The third-order valence-corrected chi connectivity index (χ3v) is 6.28. The molecule has 0 radical (unpaired) electrons. The monoisotopic (exact) mass is 396 g/mol. The lowest BCUT2D eigenvalue weighted by atomic mass is 9.90. The van der Waals surface area contributed by atoms with Crippen LogP contribution in [0.15, 0.2) is 30.3 Å². The van der Waals surface area contributed by atoms with E-state index in [9.17, 15) is 9.18 Å². The third kappa shape index (κ3) is 4.44. The Balaban J connectivity index is 1.68. The van der Waals surface area contributed by atoms with Crippen molar-refractivity contribution >= 4 is 11.7 Å². The lowest BCUT2D eigenvalue weighted by molar-refractivity contribution is -0.377. The number of halogens is 1. The maximum absolute atomic E-state index is 13.5. The molecule has 2 aliphatic rings. The van der Waals surface area contributed by atoms with Crippen LogP contribution in [0.4, 0.5) is 10.2 Å². The highest BCUT2D eigenvalue weighted by Crippen LogP contribution is 2.31. The third-order valence-electron chi connectivity index (χ3n) is 6.28. The number of aryl methyl sites for hydroxylation is 1. The van der Waals surface area contributed by atoms with Crippen LogP contribution in [0.1, 0.15) is 50.3 Å². The number of piperazine rings is 1. The van der Waals surface area contributed by atoms with E-state index >= 15 is 0 Å². The lowest BCUT2D eigenvalue weighted by Crippen LogP contribution is -2.50. The fourth-order valence-corrected chi connectivity index (χ4v) is 4.59. The number of benzene rings is 1. The standard InChI is InChI=1S/C24H30FN3O/c1-2-24(29)28-15-13-27(14-16-28)23-17-21(18-9-11-19(25)12-10-18)20-7-5-3-4-6-8-22(20)26-23/h9-12,17H,2-8,13-16H2,1H3/p+1. The SMILES string of the molecule is CCC(=O)N1CCN(c2cc(-c3ccc(F)cc3)c3c([nH+]2)CCCCCC3)CC1. The molecule has 29 heavy (non-hydrogen) atoms. The van der Waals surface area contributed by atoms with Gasteiger partial charge in [-0.3, -0.25) is 9.69 Å². The summed E-state index contributed by atoms with van der Waals surface area (Å²) in [6, 6.07) is 9.13. The van der Waals surface area contributed by atoms with Crippen LogP contribution in [-0.4, -0.2) is 37.0 Å². The van der Waals surface area contributed by atoms with Crippen molar-refractivity contribution in [3.05, 3.63) is 47.4 Å². The Morgan fingerprint density at radius 3 is 2.38 bits per heavy atom. The molecule has 1 aliphatic carbocycles. The molecular formula is C24H31FN3O+. The summed E-state index contributed by atoms with van der Waals surface area (Å²) in [4.78, 5) is 20.1. The van der Waals surface area contributed by atoms with E-state index in [0.29, 0.717) is 6.42 Å². The normalized spacial score (nSPS) is 17.4. The van der Waals surface area contributed by atoms with Crippen LogP contribution in [-0.2, 0) is 17.6 Å². The van der Waals surface area contributed by atoms with Gasteiger partial charge in [0.1, 0.15) is 24.6 Å². The summed E-state index contributed by atoms with van der Waals surface area (Å²) in [6.07, 6.45) is 7.66. The maximum Gasteiger partial charge on any atom is 0.275 e. The van der Waals surface area contributed by atoms with Crippen LogP contribution in [0.25, 0.3) is 11.1 Å². The number of carbonyl (C=O) groups excluding carboxylic acids is 1. The van der Waals surface area contributed by atoms with E-state index in [2.05, 4.69) is 16.0 Å². The topological polar surface area (TPSA) is 37.7 Å². The van der Waals surface area contributed by atoms with Crippen LogP contribution in [0.5, 0.6) is 0 Å². The van der Waals surface area contributed by atoms with Crippen molar-refractivity contribution in [3.63, 3.8) is 0 Å². The second-order valence-electron chi connectivity index (χ2n) is 8.17. The minimum Gasteiger partial charge on any atom is -0.335 e. The Bertz CT molecular complexity index is 857. The zero-order valence-electron chi connectivity index (χ0n) is 17.3. The van der Waals surface area contributed by atoms with Gasteiger partial charge in [0.2, 0.25) is 5.91 Å². The first-order chi connectivity index (χ1) is 14.2. The quantitative estimate of drug-likeness (QED) is 0.786. The average molecular weight is 397 g/mol. The number of rotatable bonds is 3. The molecule has 1 N–H and O–H groups in total. The molecule has 0 atom stereocenters. The van der Waals surface area contributed by atoms with Crippen LogP contribution >= 0.6 is 0 Å². The highest BCUT2D eigenvalue weighted by atomic mass is 19.1. The number of H-pyrrole nitrogens is 1. The number of hydrogen-bond acceptors (Lipinski definition) is 2. The molecule has 1 aromatic heterocycles. The van der Waals surface area contributed by atoms with Crippen molar-refractivity contribution in [2.75, 3.05) is 31.1 Å². The molecule has 2 aromatic rings. The van der Waals surface area contributed by atoms with Gasteiger partial charge in [-0.1, -0.05) is 31.9 Å². The van der Waals surface area contributed by atoms with Crippen molar-refractivity contribution in [2.24, 2.45) is 0 Å². The molecule has 1 amide bonds. The first-order valence-corrected chi connectivity index (χ1v) is 11.0. The van der Waals surface area contributed by atoms with Crippen LogP contribution < -0.4 is 9.88 Å². The highest BCUT2D eigenvalue weighted by molar-refractivity contribution is 5.76. The molecule has 2 heterocycles. The molecule has 0 spiro atoms. The first kappa shape index (κ1) is 19.9. The van der Waals surface area contributed by atoms with Gasteiger partial charge in [0.15, 0.2) is 0 Å². The molecular weight excluding hydrogens is 365 g/mol. The van der Waals surface area contributed by atoms with E-state index in [-0.39, 0.29) is 11.7 Å². The summed E-state index contributed by atoms with van der Waals surface area (Å²) in [7, 11) is 0. The van der Waals surface area contributed by atoms with Crippen LogP contribution in [0, 0.1) is 5.82 Å². The van der Waals surface area contributed by atoms with Crippen LogP contribution in [0.3, 0.4) is 0 Å². The van der Waals surface area contributed by atoms with Crippen molar-refractivity contribution in [1.29, 1.82) is 0 Å². The number of amides is 1. The second kappa shape index (κ2) is 8.93. The summed E-state index contributed by atoms with van der Waals surface area (Å²) in [6.45, 7) is 5.13. The molecule has 1 aliphatic heterocycles. The predicted molar refractivity (Wildman–Crippen MR) is 113 cm³/mol. The smallest absolute Gasteiger partial charge is 0.275 e. The summed E-state index contributed by atoms with van der Waals surface area (Å²) >= 11 is 0. The molecule has 5 heteroatoms. The van der Waals surface area contributed by atoms with Gasteiger partial charge in [-0.25, -0.2) is 9.37 Å². The van der Waals surface area contributed by atoms with Gasteiger partial charge in [-0.2, -0.15) is 0 Å². The van der Waals surface area contributed by atoms with Gasteiger partial charge in [-0.05, 0) is 42.5 Å². The Hall–Kier alpha value is -2.43. The number of nitrogens with zero attached hydrogens (tertiary/aromatic N) is 2. The van der Waals surface area contributed by atoms with Crippen molar-refractivity contribution in [1.82, 2.24) is 4.90 Å². The van der Waals surface area contributed by atoms with Gasteiger partial charge < -0.3 is 4.90 Å². The molecule has 4 nitrogen and oxygen atoms in total. The van der Waals surface area contributed by atoms with E-state index in [0.717, 1.165) is 50.4 Å². The predicted octanol–water partition coefficient (Wildman–Crippen LogP) is 4.02. The number of pyridine rings is 1. The molecule has 4 rings (SSSR count). The zero-order chi connectivity index (χ0) is 20.2. The van der Waals surface area contributed by atoms with E-state index in [1.807, 2.05) is 24.0 Å². The van der Waals surface area contributed by atoms with Crippen molar-refractivity contribution in [2.45, 2.75) is 51.9 Å². The molecule has 1 fully saturated rings. The second-order valence-corrected chi connectivity index (χ2v) is 8.17. The summed E-state index contributed by atoms with van der Waals surface area (Å²) in [5.41, 5.74) is 5.02. The van der Waals surface area contributed by atoms with Gasteiger partial charge in [0.25, 0.3) is 5.82 Å². The van der Waals surface area contributed by atoms with Crippen LogP contribution in [0.2, 0.25) is 0 Å². The van der Waals surface area contributed by atoms with E-state index in [1.165, 1.54) is 42.5 Å². The van der Waals surface area contributed by atoms with E-state index in [4.69, 9.17) is 0 Å². The van der Waals surface area contributed by atoms with Gasteiger partial charge in [-0.15, -0.1) is 0 Å². The molecule has 0 unspecified atom stereocenters. The van der Waals surface area contributed by atoms with Gasteiger partial charge >= 0.3 is 0 Å². The Labute approximate surface area is 172 Å². The van der Waals surface area contributed by atoms with Crippen molar-refractivity contribution < 1.29 is 14.2 Å². The molecule has 0 bridgehead atoms. The lowest BCUT2D eigenvalue weighted by Gasteiger charge is -2.31. The Kier molecular flexibility index (Phi) is 6.12. The number of nitrogens with one attached hydrogen (secondary N) is 1. The number of aromatic nitrogens is 1. The summed E-state index contributed by atoms with van der Waals surface area (Å²) in [5, 5.41) is 0. The maximum atomic E-state index is 13.5. The zero-order valence-corrected chi connectivity index (χ0v) is 17.3. The fourth-order valence-electron chi connectivity index (χ4n) is 4.59. The first-order valence-electron chi connectivity index (χ1n) is 11.0. The summed E-state index contributed by atoms with van der Waals surface area (Å²) in [5.74, 6) is 1.15. The van der Waals surface area contributed by atoms with Crippen molar-refractivity contribution in [3.8, 4) is 11.1 Å². The summed E-state index contributed by atoms with van der Waals surface area (Å²) < 4.78 is 13.5. The molecule has 1 saturated heterocycles. The Morgan fingerprint density at radius 2 is 1.69 bits per heavy atom. The number of anilines is 1. The fraction of sp³-hybridized carbons (Fsp3) is 0.500. The number of carbonyl (C=O) groups is 1. The molecule has 0 saturated carbocycles.